The molecule has 0 fully saturated rings. The van der Waals surface area contributed by atoms with Gasteiger partial charge in [0, 0.05) is 18.1 Å². The summed E-state index contributed by atoms with van der Waals surface area (Å²) in [5, 5.41) is 36.1. The summed E-state index contributed by atoms with van der Waals surface area (Å²) in [7, 11) is 0. The van der Waals surface area contributed by atoms with E-state index in [2.05, 4.69) is 5.32 Å². The van der Waals surface area contributed by atoms with Crippen molar-refractivity contribution in [2.75, 3.05) is 5.32 Å². The molecule has 2 aromatic carbocycles. The second-order valence-electron chi connectivity index (χ2n) is 6.48. The van der Waals surface area contributed by atoms with Gasteiger partial charge in [0.2, 0.25) is 0 Å². The summed E-state index contributed by atoms with van der Waals surface area (Å²) in [4.78, 5) is 21.6. The number of phenolic OH excluding ortho intramolecular Hbond substituents is 1. The molecule has 0 saturated carbocycles. The SMILES string of the molecule is O=[N+]([O-])c1cc(O)c2c(c1)C1C=CCC1C(c1ccccc1[N+](=O)[O-])N2. The molecule has 3 atom stereocenters. The summed E-state index contributed by atoms with van der Waals surface area (Å²) in [6.45, 7) is 0. The zero-order chi connectivity index (χ0) is 18.4. The number of nitro groups is 2. The van der Waals surface area contributed by atoms with E-state index < -0.39 is 9.85 Å². The number of non-ortho nitro benzene ring substituents is 1. The summed E-state index contributed by atoms with van der Waals surface area (Å²) < 4.78 is 0. The van der Waals surface area contributed by atoms with Gasteiger partial charge in [0.05, 0.1) is 33.2 Å². The van der Waals surface area contributed by atoms with Crippen molar-refractivity contribution in [3.63, 3.8) is 0 Å². The maximum absolute atomic E-state index is 11.4. The van der Waals surface area contributed by atoms with Crippen LogP contribution in [0.15, 0.2) is 48.6 Å². The van der Waals surface area contributed by atoms with E-state index in [1.165, 1.54) is 12.1 Å². The number of anilines is 1. The molecule has 0 saturated heterocycles. The minimum atomic E-state index is -0.540. The van der Waals surface area contributed by atoms with Crippen LogP contribution in [0, 0.1) is 26.1 Å². The number of allylic oxidation sites excluding steroid dienone is 2. The number of hydrogen-bond donors (Lipinski definition) is 2. The minimum Gasteiger partial charge on any atom is -0.506 e. The molecule has 8 heteroatoms. The lowest BCUT2D eigenvalue weighted by atomic mass is 9.76. The number of hydrogen-bond acceptors (Lipinski definition) is 6. The largest absolute Gasteiger partial charge is 0.506 e. The first kappa shape index (κ1) is 16.1. The molecule has 1 aliphatic carbocycles. The van der Waals surface area contributed by atoms with Gasteiger partial charge in [-0.1, -0.05) is 30.4 Å². The van der Waals surface area contributed by atoms with E-state index in [0.717, 1.165) is 6.07 Å². The van der Waals surface area contributed by atoms with Gasteiger partial charge in [0.25, 0.3) is 11.4 Å². The lowest BCUT2D eigenvalue weighted by Gasteiger charge is -2.37. The summed E-state index contributed by atoms with van der Waals surface area (Å²) in [6.07, 6.45) is 4.62. The Kier molecular flexibility index (Phi) is 3.61. The zero-order valence-electron chi connectivity index (χ0n) is 13.5. The van der Waals surface area contributed by atoms with Crippen LogP contribution >= 0.6 is 0 Å². The fourth-order valence-electron chi connectivity index (χ4n) is 4.00. The molecule has 0 amide bonds. The van der Waals surface area contributed by atoms with Crippen molar-refractivity contribution in [2.45, 2.75) is 18.4 Å². The Hall–Kier alpha value is -3.42. The fraction of sp³-hybridized carbons (Fsp3) is 0.222. The van der Waals surface area contributed by atoms with E-state index in [1.807, 2.05) is 12.2 Å². The number of fused-ring (bicyclic) bond motifs is 3. The molecule has 1 heterocycles. The first-order valence-electron chi connectivity index (χ1n) is 8.15. The average Bonchev–Trinajstić information content (AvgIpc) is 3.11. The molecule has 8 nitrogen and oxygen atoms in total. The molecule has 1 aliphatic heterocycles. The number of benzene rings is 2. The second kappa shape index (κ2) is 5.83. The molecule has 2 aromatic rings. The highest BCUT2D eigenvalue weighted by atomic mass is 16.6. The lowest BCUT2D eigenvalue weighted by Crippen LogP contribution is -2.29. The number of para-hydroxylation sites is 1. The van der Waals surface area contributed by atoms with Crippen molar-refractivity contribution in [1.29, 1.82) is 0 Å². The Morgan fingerprint density at radius 3 is 2.58 bits per heavy atom. The molecule has 0 spiro atoms. The van der Waals surface area contributed by atoms with Gasteiger partial charge < -0.3 is 10.4 Å². The predicted molar refractivity (Wildman–Crippen MR) is 94.2 cm³/mol. The molecule has 2 N–H and O–H groups in total. The number of nitro benzene ring substituents is 2. The molecule has 0 aromatic heterocycles. The van der Waals surface area contributed by atoms with Crippen LogP contribution < -0.4 is 5.32 Å². The van der Waals surface area contributed by atoms with Gasteiger partial charge in [-0.05, 0) is 17.9 Å². The van der Waals surface area contributed by atoms with Gasteiger partial charge in [-0.15, -0.1) is 0 Å². The van der Waals surface area contributed by atoms with Crippen molar-refractivity contribution in [3.8, 4) is 5.75 Å². The van der Waals surface area contributed by atoms with Gasteiger partial charge in [0.15, 0.2) is 0 Å². The molecular formula is C18H15N3O5. The molecule has 2 aliphatic rings. The van der Waals surface area contributed by atoms with Crippen LogP contribution in [-0.2, 0) is 0 Å². The summed E-state index contributed by atoms with van der Waals surface area (Å²) >= 11 is 0. The molecule has 132 valence electrons. The smallest absolute Gasteiger partial charge is 0.274 e. The minimum absolute atomic E-state index is 0.0144. The Morgan fingerprint density at radius 2 is 1.85 bits per heavy atom. The van der Waals surface area contributed by atoms with Gasteiger partial charge in [-0.25, -0.2) is 0 Å². The second-order valence-corrected chi connectivity index (χ2v) is 6.48. The number of nitrogens with one attached hydrogen (secondary N) is 1. The third kappa shape index (κ3) is 2.38. The maximum atomic E-state index is 11.4. The Labute approximate surface area is 148 Å². The average molecular weight is 353 g/mol. The van der Waals surface area contributed by atoms with E-state index in [9.17, 15) is 25.3 Å². The summed E-state index contributed by atoms with van der Waals surface area (Å²) in [5.41, 5.74) is 1.42. The van der Waals surface area contributed by atoms with E-state index in [0.29, 0.717) is 23.2 Å². The van der Waals surface area contributed by atoms with Crippen molar-refractivity contribution in [2.24, 2.45) is 5.92 Å². The Morgan fingerprint density at radius 1 is 1.08 bits per heavy atom. The molecule has 0 radical (unpaired) electrons. The van der Waals surface area contributed by atoms with Gasteiger partial charge in [0.1, 0.15) is 5.75 Å². The molecule has 3 unspecified atom stereocenters. The predicted octanol–water partition coefficient (Wildman–Crippen LogP) is 4.04. The molecule has 0 bridgehead atoms. The fourth-order valence-corrected chi connectivity index (χ4v) is 4.00. The standard InChI is InChI=1S/C18H15N3O5/c22-16-9-10(20(23)24)8-14-11-5-3-6-12(11)17(19-18(14)16)13-4-1-2-7-15(13)21(25)26/h1-5,7-9,11-12,17,19,22H,6H2. The topological polar surface area (TPSA) is 119 Å². The number of rotatable bonds is 3. The number of nitrogens with zero attached hydrogens (tertiary/aromatic N) is 2. The van der Waals surface area contributed by atoms with Crippen molar-refractivity contribution in [3.05, 3.63) is 79.9 Å². The van der Waals surface area contributed by atoms with Crippen LogP contribution in [0.3, 0.4) is 0 Å². The molecular weight excluding hydrogens is 338 g/mol. The first-order chi connectivity index (χ1) is 12.5. The van der Waals surface area contributed by atoms with Crippen LogP contribution in [0.4, 0.5) is 17.1 Å². The van der Waals surface area contributed by atoms with Gasteiger partial charge in [-0.2, -0.15) is 0 Å². The van der Waals surface area contributed by atoms with Crippen LogP contribution in [0.1, 0.15) is 29.5 Å². The maximum Gasteiger partial charge on any atom is 0.274 e. The third-order valence-electron chi connectivity index (χ3n) is 5.11. The van der Waals surface area contributed by atoms with E-state index >= 15 is 0 Å². The lowest BCUT2D eigenvalue weighted by molar-refractivity contribution is -0.385. The van der Waals surface area contributed by atoms with Crippen LogP contribution in [0.25, 0.3) is 0 Å². The molecule has 4 rings (SSSR count). The van der Waals surface area contributed by atoms with Gasteiger partial charge in [-0.3, -0.25) is 20.2 Å². The number of phenols is 1. The highest BCUT2D eigenvalue weighted by Crippen LogP contribution is 2.53. The Balaban J connectivity index is 1.86. The van der Waals surface area contributed by atoms with Crippen molar-refractivity contribution in [1.82, 2.24) is 0 Å². The summed E-state index contributed by atoms with van der Waals surface area (Å²) in [5.74, 6) is -0.400. The summed E-state index contributed by atoms with van der Waals surface area (Å²) in [6, 6.07) is 8.71. The quantitative estimate of drug-likeness (QED) is 0.372. The van der Waals surface area contributed by atoms with Crippen LogP contribution in [-0.4, -0.2) is 15.0 Å². The third-order valence-corrected chi connectivity index (χ3v) is 5.11. The number of aromatic hydroxyl groups is 1. The Bertz CT molecular complexity index is 956. The molecule has 26 heavy (non-hydrogen) atoms. The van der Waals surface area contributed by atoms with E-state index in [1.54, 1.807) is 18.2 Å². The highest BCUT2D eigenvalue weighted by molar-refractivity contribution is 5.71. The van der Waals surface area contributed by atoms with E-state index in [4.69, 9.17) is 0 Å². The zero-order valence-corrected chi connectivity index (χ0v) is 13.5. The van der Waals surface area contributed by atoms with E-state index in [-0.39, 0.29) is 35.0 Å². The monoisotopic (exact) mass is 353 g/mol. The van der Waals surface area contributed by atoms with Crippen molar-refractivity contribution >= 4 is 17.1 Å². The van der Waals surface area contributed by atoms with Crippen molar-refractivity contribution < 1.29 is 15.0 Å². The first-order valence-corrected chi connectivity index (χ1v) is 8.15. The van der Waals surface area contributed by atoms with Crippen LogP contribution in [0.2, 0.25) is 0 Å². The normalized spacial score (nSPS) is 23.0. The van der Waals surface area contributed by atoms with Crippen LogP contribution in [0.5, 0.6) is 5.75 Å². The van der Waals surface area contributed by atoms with Gasteiger partial charge >= 0.3 is 0 Å². The highest BCUT2D eigenvalue weighted by Gasteiger charge is 2.41.